The van der Waals surface area contributed by atoms with E-state index in [0.717, 1.165) is 13.2 Å². The number of ketones is 4. The third-order valence-corrected chi connectivity index (χ3v) is 10.2. The highest BCUT2D eigenvalue weighted by atomic mass is 16.6. The number of aliphatic imine (C=N–C) groups is 1. The number of phenolic OH excluding ortho intramolecular Hbond substituents is 1. The molecule has 0 spiro atoms. The molecule has 260 valence electrons. The average molecular weight is 684 g/mol. The molecule has 4 aliphatic rings. The van der Waals surface area contributed by atoms with Crippen molar-refractivity contribution in [3.05, 3.63) is 56.6 Å². The van der Waals surface area contributed by atoms with Crippen LogP contribution >= 0.6 is 0 Å². The molecule has 8 atom stereocenters. The summed E-state index contributed by atoms with van der Waals surface area (Å²) in [5, 5.41) is 76.8. The fraction of sp³-hybridized carbons (Fsp3) is 0.455. The Hall–Kier alpha value is -4.42. The average Bonchev–Trinajstić information content (AvgIpc) is 3.02. The number of hydrogen-bond acceptors (Lipinski definition) is 15. The first-order chi connectivity index (χ1) is 23.0. The number of aromatic hydroxyl groups is 2. The summed E-state index contributed by atoms with van der Waals surface area (Å²) in [6, 6.07) is 2.02. The van der Waals surface area contributed by atoms with Crippen LogP contribution in [-0.2, 0) is 26.2 Å². The SMILES string of the molecule is CO[C@@H]1[C@@H](O)[C@@H](CO)[C@@H](N=C2CC(=O)c3c(cc4c(c3O)C(=O)[C@]3(OC)C(O)Cc5cc(C)c(C(=O)O)c(O)c5[C@]3(O)C4=O)C2=O)O[C@H]1C. The highest BCUT2D eigenvalue weighted by Gasteiger charge is 2.72. The lowest BCUT2D eigenvalue weighted by molar-refractivity contribution is -0.206. The quantitative estimate of drug-likeness (QED) is 0.212. The number of aliphatic hydroxyl groups is 4. The van der Waals surface area contributed by atoms with E-state index in [1.807, 2.05) is 0 Å². The number of fused-ring (bicyclic) bond motifs is 5. The number of carbonyl (C=O) groups excluding carboxylic acids is 4. The number of benzene rings is 2. The fourth-order valence-electron chi connectivity index (χ4n) is 7.85. The zero-order chi connectivity index (χ0) is 36.1. The van der Waals surface area contributed by atoms with E-state index in [4.69, 9.17) is 14.2 Å². The maximum atomic E-state index is 14.5. The normalized spacial score (nSPS) is 33.2. The van der Waals surface area contributed by atoms with E-state index in [9.17, 15) is 59.7 Å². The predicted octanol–water partition coefficient (Wildman–Crippen LogP) is -0.387. The molecule has 1 unspecified atom stereocenters. The summed E-state index contributed by atoms with van der Waals surface area (Å²) in [5.74, 6) is -9.60. The van der Waals surface area contributed by atoms with Crippen molar-refractivity contribution in [3.63, 3.8) is 0 Å². The first kappa shape index (κ1) is 34.4. The smallest absolute Gasteiger partial charge is 0.339 e. The first-order valence-electron chi connectivity index (χ1n) is 15.2. The first-order valence-corrected chi connectivity index (χ1v) is 15.2. The van der Waals surface area contributed by atoms with Crippen LogP contribution in [0.3, 0.4) is 0 Å². The lowest BCUT2D eigenvalue weighted by atomic mass is 9.56. The van der Waals surface area contributed by atoms with Crippen LogP contribution < -0.4 is 0 Å². The topological polar surface area (TPSA) is 267 Å². The Balaban J connectivity index is 1.55. The van der Waals surface area contributed by atoms with Gasteiger partial charge in [-0.25, -0.2) is 4.79 Å². The number of phenols is 2. The molecule has 3 aliphatic carbocycles. The minimum atomic E-state index is -3.30. The molecule has 0 aromatic heterocycles. The lowest BCUT2D eigenvalue weighted by Crippen LogP contribution is -2.73. The molecule has 2 aromatic carbocycles. The number of methoxy groups -OCH3 is 2. The molecule has 0 radical (unpaired) electrons. The van der Waals surface area contributed by atoms with Gasteiger partial charge in [0.15, 0.2) is 23.2 Å². The van der Waals surface area contributed by atoms with Crippen LogP contribution in [0.25, 0.3) is 0 Å². The Morgan fingerprint density at radius 2 is 1.71 bits per heavy atom. The molecule has 0 amide bonds. The van der Waals surface area contributed by atoms with Crippen molar-refractivity contribution in [2.24, 2.45) is 10.9 Å². The van der Waals surface area contributed by atoms with E-state index >= 15 is 0 Å². The van der Waals surface area contributed by atoms with Crippen molar-refractivity contribution >= 4 is 34.8 Å². The van der Waals surface area contributed by atoms with Gasteiger partial charge < -0.3 is 50.0 Å². The van der Waals surface area contributed by atoms with E-state index in [1.165, 1.54) is 20.1 Å². The Morgan fingerprint density at radius 3 is 2.31 bits per heavy atom. The molecule has 7 N–H and O–H groups in total. The molecule has 1 saturated heterocycles. The highest BCUT2D eigenvalue weighted by Crippen LogP contribution is 2.56. The summed E-state index contributed by atoms with van der Waals surface area (Å²) in [7, 11) is 2.21. The van der Waals surface area contributed by atoms with Crippen LogP contribution in [0, 0.1) is 12.8 Å². The van der Waals surface area contributed by atoms with Crippen LogP contribution in [0.4, 0.5) is 0 Å². The summed E-state index contributed by atoms with van der Waals surface area (Å²) in [5.41, 5.74) is -11.0. The number of rotatable bonds is 5. The van der Waals surface area contributed by atoms with Gasteiger partial charge >= 0.3 is 5.97 Å². The summed E-state index contributed by atoms with van der Waals surface area (Å²) in [4.78, 5) is 72.5. The van der Waals surface area contributed by atoms with Gasteiger partial charge in [-0.05, 0) is 31.0 Å². The number of ether oxygens (including phenoxy) is 3. The zero-order valence-electron chi connectivity index (χ0n) is 26.6. The number of aromatic carboxylic acids is 1. The van der Waals surface area contributed by atoms with Crippen molar-refractivity contribution in [3.8, 4) is 11.5 Å². The number of carboxylic acid groups (broad SMARTS) is 1. The molecule has 2 aromatic rings. The lowest BCUT2D eigenvalue weighted by Gasteiger charge is -2.52. The van der Waals surface area contributed by atoms with E-state index in [2.05, 4.69) is 4.99 Å². The Labute approximate surface area is 277 Å². The number of nitrogens with zero attached hydrogens (tertiary/aromatic N) is 1. The van der Waals surface area contributed by atoms with Gasteiger partial charge in [-0.2, -0.15) is 0 Å². The summed E-state index contributed by atoms with van der Waals surface area (Å²) in [6.45, 7) is 2.27. The summed E-state index contributed by atoms with van der Waals surface area (Å²) >= 11 is 0. The molecule has 49 heavy (non-hydrogen) atoms. The molecular formula is C33H33NO15. The largest absolute Gasteiger partial charge is 0.507 e. The number of Topliss-reactive ketones (excluding diaryl/α,β-unsaturated/α-hetero) is 4. The van der Waals surface area contributed by atoms with Crippen molar-refractivity contribution in [2.75, 3.05) is 20.8 Å². The van der Waals surface area contributed by atoms with E-state index < -0.39 is 147 Å². The van der Waals surface area contributed by atoms with E-state index in [0.29, 0.717) is 0 Å². The van der Waals surface area contributed by atoms with Crippen molar-refractivity contribution in [2.45, 2.75) is 68.5 Å². The molecule has 16 nitrogen and oxygen atoms in total. The second kappa shape index (κ2) is 11.6. The fourth-order valence-corrected chi connectivity index (χ4v) is 7.85. The molecule has 0 bridgehead atoms. The van der Waals surface area contributed by atoms with Gasteiger partial charge in [0.05, 0.1) is 54.1 Å². The number of carboxylic acids is 1. The number of aryl methyl sites for hydroxylation is 1. The zero-order valence-corrected chi connectivity index (χ0v) is 26.6. The van der Waals surface area contributed by atoms with Crippen LogP contribution in [-0.4, -0.2) is 128 Å². The molecule has 0 saturated carbocycles. The Kier molecular flexibility index (Phi) is 8.14. The van der Waals surface area contributed by atoms with Gasteiger partial charge in [-0.3, -0.25) is 24.2 Å². The van der Waals surface area contributed by atoms with Crippen molar-refractivity contribution in [1.29, 1.82) is 0 Å². The highest BCUT2D eigenvalue weighted by molar-refractivity contribution is 6.53. The molecule has 1 aliphatic heterocycles. The van der Waals surface area contributed by atoms with Gasteiger partial charge in [0.2, 0.25) is 17.3 Å². The monoisotopic (exact) mass is 683 g/mol. The number of aliphatic hydroxyl groups excluding tert-OH is 3. The van der Waals surface area contributed by atoms with Gasteiger partial charge in [-0.1, -0.05) is 6.07 Å². The van der Waals surface area contributed by atoms with Crippen LogP contribution in [0.15, 0.2) is 17.1 Å². The van der Waals surface area contributed by atoms with E-state index in [-0.39, 0.29) is 11.1 Å². The van der Waals surface area contributed by atoms with Crippen LogP contribution in [0.1, 0.15) is 81.8 Å². The van der Waals surface area contributed by atoms with Crippen LogP contribution in [0.5, 0.6) is 11.5 Å². The van der Waals surface area contributed by atoms with Gasteiger partial charge in [0, 0.05) is 37.3 Å². The maximum absolute atomic E-state index is 14.5. The predicted molar refractivity (Wildman–Crippen MR) is 162 cm³/mol. The maximum Gasteiger partial charge on any atom is 0.339 e. The summed E-state index contributed by atoms with van der Waals surface area (Å²) in [6.07, 6.45) is -7.39. The second-order valence-electron chi connectivity index (χ2n) is 12.6. The van der Waals surface area contributed by atoms with Crippen molar-refractivity contribution < 1.29 is 73.9 Å². The standard InChI is InChI=1S/C33H33NO15/c1-10-5-12-6-18(37)33(48-4)29(43)21-14(28(42)32(33,46)22(12)26(41)19(10)31(44)45)7-13-20(25(21)40)17(36)8-16(23(13)38)34-30-15(9-35)24(39)27(47-3)11(2)49-30/h5,7,11,15,18,24,27,30,35,37,39-41,46H,6,8-9H2,1-4H3,(H,44,45)/t11-,15+,18?,24-,27-,30-,32-,33+/m0/s1. The van der Waals surface area contributed by atoms with Gasteiger partial charge in [0.25, 0.3) is 0 Å². The molecule has 6 rings (SSSR count). The van der Waals surface area contributed by atoms with Crippen molar-refractivity contribution in [1.82, 2.24) is 0 Å². The molecule has 1 fully saturated rings. The molecule has 16 heteroatoms. The Bertz CT molecular complexity index is 1900. The van der Waals surface area contributed by atoms with Crippen LogP contribution in [0.2, 0.25) is 0 Å². The number of hydrogen-bond donors (Lipinski definition) is 7. The number of carbonyl (C=O) groups is 5. The molecule has 1 heterocycles. The van der Waals surface area contributed by atoms with Gasteiger partial charge in [-0.15, -0.1) is 0 Å². The third-order valence-electron chi connectivity index (χ3n) is 10.2. The van der Waals surface area contributed by atoms with Gasteiger partial charge in [0.1, 0.15) is 23.2 Å². The summed E-state index contributed by atoms with van der Waals surface area (Å²) < 4.78 is 16.4. The Morgan fingerprint density at radius 1 is 1.04 bits per heavy atom. The minimum absolute atomic E-state index is 0.0205. The minimum Gasteiger partial charge on any atom is -0.507 e. The second-order valence-corrected chi connectivity index (χ2v) is 12.6. The van der Waals surface area contributed by atoms with E-state index in [1.54, 1.807) is 6.92 Å². The third kappa shape index (κ3) is 4.35. The molecular weight excluding hydrogens is 650 g/mol.